The summed E-state index contributed by atoms with van der Waals surface area (Å²) < 4.78 is 28.7. The van der Waals surface area contributed by atoms with Crippen molar-refractivity contribution in [3.05, 3.63) is 17.4 Å². The number of ether oxygens (including phenoxy) is 3. The molecule has 6 heteroatoms. The lowest BCUT2D eigenvalue weighted by Gasteiger charge is -2.13. The van der Waals surface area contributed by atoms with Crippen LogP contribution in [-0.2, 0) is 4.74 Å². The molecule has 0 unspecified atom stereocenters. The van der Waals surface area contributed by atoms with Crippen molar-refractivity contribution in [2.24, 2.45) is 0 Å². The van der Waals surface area contributed by atoms with E-state index in [9.17, 15) is 4.39 Å². The fraction of sp³-hybridized carbons (Fsp3) is 0.364. The first kappa shape index (κ1) is 13.1. The maximum Gasteiger partial charge on any atom is 0.199 e. The van der Waals surface area contributed by atoms with Gasteiger partial charge in [0.1, 0.15) is 12.7 Å². The molecule has 2 N–H and O–H groups in total. The molecule has 0 aromatic heterocycles. The number of nitrogen functional groups attached to an aromatic ring is 1. The fourth-order valence-electron chi connectivity index (χ4n) is 1.23. The molecule has 92 valence electrons. The van der Waals surface area contributed by atoms with Crippen molar-refractivity contribution in [2.45, 2.75) is 0 Å². The number of hydrogen-bond acceptors (Lipinski definition) is 5. The number of nitrogens with zero attached hydrogens (tertiary/aromatic N) is 1. The molecule has 0 atom stereocenters. The number of anilines is 1. The summed E-state index contributed by atoms with van der Waals surface area (Å²) in [5.74, 6) is -0.776. The predicted molar refractivity (Wildman–Crippen MR) is 59.5 cm³/mol. The van der Waals surface area contributed by atoms with Gasteiger partial charge in [0, 0.05) is 13.2 Å². The molecule has 1 aromatic rings. The van der Waals surface area contributed by atoms with Gasteiger partial charge in [-0.3, -0.25) is 0 Å². The molecule has 1 rings (SSSR count). The quantitative estimate of drug-likeness (QED) is 0.620. The number of benzene rings is 1. The summed E-state index contributed by atoms with van der Waals surface area (Å²) >= 11 is 0. The Labute approximate surface area is 98.5 Å². The van der Waals surface area contributed by atoms with Crippen LogP contribution < -0.4 is 15.2 Å². The van der Waals surface area contributed by atoms with Crippen LogP contribution >= 0.6 is 0 Å². The minimum Gasteiger partial charge on any atom is -0.493 e. The Morgan fingerprint density at radius 1 is 1.41 bits per heavy atom. The van der Waals surface area contributed by atoms with Gasteiger partial charge in [0.25, 0.3) is 0 Å². The first-order chi connectivity index (χ1) is 8.15. The molecule has 0 spiro atoms. The van der Waals surface area contributed by atoms with Crippen LogP contribution in [-0.4, -0.2) is 27.4 Å². The number of hydrogen-bond donors (Lipinski definition) is 1. The minimum absolute atomic E-state index is 0.0124. The van der Waals surface area contributed by atoms with Crippen LogP contribution in [0.1, 0.15) is 5.56 Å². The second kappa shape index (κ2) is 5.92. The number of nitrogens with two attached hydrogens (primary N) is 1. The Kier molecular flexibility index (Phi) is 4.55. The standard InChI is InChI=1S/C11H13FN2O3/c1-15-3-4-17-11-8(16-2)5-7(6-13)10(14)9(11)12/h5H,3-4,14H2,1-2H3. The van der Waals surface area contributed by atoms with Crippen LogP contribution in [0.2, 0.25) is 0 Å². The molecule has 0 amide bonds. The van der Waals surface area contributed by atoms with Crippen molar-refractivity contribution in [3.8, 4) is 17.6 Å². The maximum absolute atomic E-state index is 13.8. The lowest BCUT2D eigenvalue weighted by Crippen LogP contribution is -2.08. The molecule has 0 bridgehead atoms. The fourth-order valence-corrected chi connectivity index (χ4v) is 1.23. The summed E-state index contributed by atoms with van der Waals surface area (Å²) in [5, 5.41) is 8.75. The minimum atomic E-state index is -0.794. The van der Waals surface area contributed by atoms with Gasteiger partial charge in [0.05, 0.1) is 25.0 Å². The van der Waals surface area contributed by atoms with E-state index in [-0.39, 0.29) is 29.4 Å². The van der Waals surface area contributed by atoms with Crippen LogP contribution in [0.4, 0.5) is 10.1 Å². The number of halogens is 1. The molecule has 0 aliphatic rings. The van der Waals surface area contributed by atoms with Gasteiger partial charge in [-0.25, -0.2) is 4.39 Å². The zero-order valence-corrected chi connectivity index (χ0v) is 9.62. The van der Waals surface area contributed by atoms with Gasteiger partial charge in [-0.2, -0.15) is 5.26 Å². The molecular weight excluding hydrogens is 227 g/mol. The highest BCUT2D eigenvalue weighted by Crippen LogP contribution is 2.35. The second-order valence-electron chi connectivity index (χ2n) is 3.14. The van der Waals surface area contributed by atoms with Crippen molar-refractivity contribution in [1.82, 2.24) is 0 Å². The van der Waals surface area contributed by atoms with Crippen molar-refractivity contribution in [1.29, 1.82) is 5.26 Å². The number of nitriles is 1. The molecule has 5 nitrogen and oxygen atoms in total. The lowest BCUT2D eigenvalue weighted by atomic mass is 10.1. The van der Waals surface area contributed by atoms with Gasteiger partial charge < -0.3 is 19.9 Å². The average molecular weight is 240 g/mol. The first-order valence-corrected chi connectivity index (χ1v) is 4.83. The van der Waals surface area contributed by atoms with E-state index in [4.69, 9.17) is 25.2 Å². The average Bonchev–Trinajstić information content (AvgIpc) is 2.35. The molecule has 0 radical (unpaired) electrons. The van der Waals surface area contributed by atoms with Crippen molar-refractivity contribution in [2.75, 3.05) is 33.2 Å². The monoisotopic (exact) mass is 240 g/mol. The van der Waals surface area contributed by atoms with Gasteiger partial charge in [-0.15, -0.1) is 0 Å². The lowest BCUT2D eigenvalue weighted by molar-refractivity contribution is 0.141. The van der Waals surface area contributed by atoms with Gasteiger partial charge in [0.15, 0.2) is 17.3 Å². The van der Waals surface area contributed by atoms with Crippen LogP contribution in [0.5, 0.6) is 11.5 Å². The Bertz CT molecular complexity index is 443. The Hall–Kier alpha value is -2.00. The molecule has 0 heterocycles. The van der Waals surface area contributed by atoms with Crippen molar-refractivity contribution < 1.29 is 18.6 Å². The molecule has 0 aliphatic heterocycles. The van der Waals surface area contributed by atoms with Gasteiger partial charge in [-0.05, 0) is 0 Å². The van der Waals surface area contributed by atoms with E-state index >= 15 is 0 Å². The van der Waals surface area contributed by atoms with E-state index in [2.05, 4.69) is 0 Å². The molecule has 17 heavy (non-hydrogen) atoms. The highest BCUT2D eigenvalue weighted by molar-refractivity contribution is 5.63. The van der Waals surface area contributed by atoms with E-state index in [0.29, 0.717) is 6.61 Å². The highest BCUT2D eigenvalue weighted by Gasteiger charge is 2.18. The third-order valence-corrected chi connectivity index (χ3v) is 2.10. The summed E-state index contributed by atoms with van der Waals surface area (Å²) in [7, 11) is 2.86. The Balaban J connectivity index is 3.10. The largest absolute Gasteiger partial charge is 0.493 e. The zero-order valence-electron chi connectivity index (χ0n) is 9.62. The van der Waals surface area contributed by atoms with E-state index in [1.165, 1.54) is 20.3 Å². The van der Waals surface area contributed by atoms with Gasteiger partial charge >= 0.3 is 0 Å². The summed E-state index contributed by atoms with van der Waals surface area (Å²) in [4.78, 5) is 0. The van der Waals surface area contributed by atoms with E-state index in [1.54, 1.807) is 6.07 Å². The topological polar surface area (TPSA) is 77.5 Å². The second-order valence-corrected chi connectivity index (χ2v) is 3.14. The molecule has 0 saturated carbocycles. The maximum atomic E-state index is 13.8. The summed E-state index contributed by atoms with van der Waals surface area (Å²) in [6, 6.07) is 3.11. The molecule has 1 aromatic carbocycles. The highest BCUT2D eigenvalue weighted by atomic mass is 19.1. The third-order valence-electron chi connectivity index (χ3n) is 2.10. The smallest absolute Gasteiger partial charge is 0.199 e. The number of rotatable bonds is 5. The van der Waals surface area contributed by atoms with Crippen LogP contribution in [0, 0.1) is 17.1 Å². The SMILES string of the molecule is COCCOc1c(OC)cc(C#N)c(N)c1F. The van der Waals surface area contributed by atoms with Crippen LogP contribution in [0.25, 0.3) is 0 Å². The van der Waals surface area contributed by atoms with Crippen LogP contribution in [0.15, 0.2) is 6.07 Å². The molecule has 0 aliphatic carbocycles. The summed E-state index contributed by atoms with van der Waals surface area (Å²) in [6.45, 7) is 0.470. The van der Waals surface area contributed by atoms with E-state index in [0.717, 1.165) is 0 Å². The summed E-state index contributed by atoms with van der Waals surface area (Å²) in [5.41, 5.74) is 5.22. The first-order valence-electron chi connectivity index (χ1n) is 4.83. The Morgan fingerprint density at radius 3 is 2.65 bits per heavy atom. The van der Waals surface area contributed by atoms with Crippen molar-refractivity contribution >= 4 is 5.69 Å². The third kappa shape index (κ3) is 2.77. The van der Waals surface area contributed by atoms with Crippen molar-refractivity contribution in [3.63, 3.8) is 0 Å². The Morgan fingerprint density at radius 2 is 2.12 bits per heavy atom. The molecule has 0 saturated heterocycles. The normalized spacial score (nSPS) is 9.76. The number of methoxy groups -OCH3 is 2. The molecular formula is C11H13FN2O3. The van der Waals surface area contributed by atoms with E-state index < -0.39 is 5.82 Å². The summed E-state index contributed by atoms with van der Waals surface area (Å²) in [6.07, 6.45) is 0. The molecule has 0 fully saturated rings. The van der Waals surface area contributed by atoms with Gasteiger partial charge in [0.2, 0.25) is 0 Å². The zero-order chi connectivity index (χ0) is 12.8. The van der Waals surface area contributed by atoms with Gasteiger partial charge in [-0.1, -0.05) is 0 Å². The van der Waals surface area contributed by atoms with Crippen LogP contribution in [0.3, 0.4) is 0 Å². The van der Waals surface area contributed by atoms with E-state index in [1.807, 2.05) is 0 Å². The predicted octanol–water partition coefficient (Wildman–Crippen LogP) is 1.31.